The second-order valence-corrected chi connectivity index (χ2v) is 9.06. The second kappa shape index (κ2) is 9.04. The minimum atomic E-state index is -0.0646. The van der Waals surface area contributed by atoms with E-state index in [0.29, 0.717) is 5.16 Å². The van der Waals surface area contributed by atoms with Crippen LogP contribution in [0.2, 0.25) is 0 Å². The Balaban J connectivity index is 1.61. The van der Waals surface area contributed by atoms with Gasteiger partial charge in [-0.05, 0) is 44.6 Å². The average molecular weight is 394 g/mol. The molecule has 0 radical (unpaired) electrons. The van der Waals surface area contributed by atoms with Crippen LogP contribution >= 0.6 is 23.1 Å². The molecule has 1 aliphatic rings. The van der Waals surface area contributed by atoms with Gasteiger partial charge in [0.15, 0.2) is 5.16 Å². The number of nitrogens with one attached hydrogen (secondary N) is 2. The third kappa shape index (κ3) is 4.68. The highest BCUT2D eigenvalue weighted by Crippen LogP contribution is 2.34. The predicted molar refractivity (Wildman–Crippen MR) is 109 cm³/mol. The number of aromatic amines is 1. The van der Waals surface area contributed by atoms with Crippen LogP contribution in [0.15, 0.2) is 9.95 Å². The smallest absolute Gasteiger partial charge is 0.260 e. The number of hydrogen-bond acceptors (Lipinski definition) is 5. The normalized spacial score (nSPS) is 15.0. The molecule has 5 nitrogen and oxygen atoms in total. The average Bonchev–Trinajstić information content (AvgIpc) is 2.99. The number of thiophene rings is 1. The first kappa shape index (κ1) is 19.4. The standard InChI is InChI=1S/C19H27N3O2S2/c1-3-4-5-8-12(2)20-15(23)11-25-19-21-17(24)16-13-9-6-7-10-14(13)26-18(16)22-19/h12H,3-11H2,1-2H3,(H,20,23)(H,21,22,24)/t12-/m1/s1. The lowest BCUT2D eigenvalue weighted by Gasteiger charge is -2.13. The Morgan fingerprint density at radius 3 is 2.96 bits per heavy atom. The van der Waals surface area contributed by atoms with Crippen molar-refractivity contribution in [3.63, 3.8) is 0 Å². The molecule has 0 aliphatic heterocycles. The fourth-order valence-electron chi connectivity index (χ4n) is 3.44. The van der Waals surface area contributed by atoms with E-state index in [9.17, 15) is 9.59 Å². The zero-order chi connectivity index (χ0) is 18.5. The number of rotatable bonds is 8. The molecular weight excluding hydrogens is 366 g/mol. The van der Waals surface area contributed by atoms with Crippen molar-refractivity contribution < 1.29 is 4.79 Å². The van der Waals surface area contributed by atoms with Crippen LogP contribution in [0, 0.1) is 0 Å². The molecule has 142 valence electrons. The topological polar surface area (TPSA) is 74.8 Å². The van der Waals surface area contributed by atoms with E-state index < -0.39 is 0 Å². The van der Waals surface area contributed by atoms with Crippen LogP contribution in [0.25, 0.3) is 10.2 Å². The number of nitrogens with zero attached hydrogens (tertiary/aromatic N) is 1. The van der Waals surface area contributed by atoms with Gasteiger partial charge in [0.1, 0.15) is 4.83 Å². The van der Waals surface area contributed by atoms with Gasteiger partial charge >= 0.3 is 0 Å². The first-order valence-corrected chi connectivity index (χ1v) is 11.4. The van der Waals surface area contributed by atoms with Crippen LogP contribution in [0.1, 0.15) is 62.8 Å². The molecule has 1 amide bonds. The van der Waals surface area contributed by atoms with E-state index in [4.69, 9.17) is 0 Å². The van der Waals surface area contributed by atoms with Gasteiger partial charge in [-0.3, -0.25) is 9.59 Å². The Bertz CT molecular complexity index is 828. The van der Waals surface area contributed by atoms with E-state index in [1.165, 1.54) is 41.5 Å². The lowest BCUT2D eigenvalue weighted by atomic mass is 9.97. The number of carbonyl (C=O) groups is 1. The van der Waals surface area contributed by atoms with Gasteiger partial charge in [-0.2, -0.15) is 0 Å². The Labute approximate surface area is 162 Å². The number of H-pyrrole nitrogens is 1. The van der Waals surface area contributed by atoms with Crippen LogP contribution in [0.3, 0.4) is 0 Å². The minimum absolute atomic E-state index is 0.00721. The molecule has 1 aliphatic carbocycles. The monoisotopic (exact) mass is 393 g/mol. The lowest BCUT2D eigenvalue weighted by Crippen LogP contribution is -2.33. The Kier molecular flexibility index (Phi) is 6.75. The Hall–Kier alpha value is -1.34. The van der Waals surface area contributed by atoms with Gasteiger partial charge in [0.2, 0.25) is 5.91 Å². The van der Waals surface area contributed by atoms with Crippen molar-refractivity contribution in [1.82, 2.24) is 15.3 Å². The van der Waals surface area contributed by atoms with Crippen LogP contribution in [0.4, 0.5) is 0 Å². The van der Waals surface area contributed by atoms with Crippen molar-refractivity contribution in [2.45, 2.75) is 76.4 Å². The van der Waals surface area contributed by atoms with Gasteiger partial charge in [-0.25, -0.2) is 4.98 Å². The summed E-state index contributed by atoms with van der Waals surface area (Å²) >= 11 is 2.94. The lowest BCUT2D eigenvalue weighted by molar-refractivity contribution is -0.119. The van der Waals surface area contributed by atoms with E-state index >= 15 is 0 Å². The van der Waals surface area contributed by atoms with Gasteiger partial charge < -0.3 is 10.3 Å². The summed E-state index contributed by atoms with van der Waals surface area (Å²) < 4.78 is 0. The summed E-state index contributed by atoms with van der Waals surface area (Å²) in [5.74, 6) is 0.268. The van der Waals surface area contributed by atoms with Crippen molar-refractivity contribution in [1.29, 1.82) is 0 Å². The highest BCUT2D eigenvalue weighted by atomic mass is 32.2. The number of aryl methyl sites for hydroxylation is 2. The van der Waals surface area contributed by atoms with Crippen molar-refractivity contribution in [2.24, 2.45) is 0 Å². The van der Waals surface area contributed by atoms with Gasteiger partial charge in [0.25, 0.3) is 5.56 Å². The van der Waals surface area contributed by atoms with Crippen molar-refractivity contribution in [3.8, 4) is 0 Å². The molecule has 2 N–H and O–H groups in total. The van der Waals surface area contributed by atoms with E-state index in [2.05, 4.69) is 22.2 Å². The fourth-order valence-corrected chi connectivity index (χ4v) is 5.43. The molecule has 1 atom stereocenters. The second-order valence-electron chi connectivity index (χ2n) is 7.02. The Morgan fingerprint density at radius 2 is 2.15 bits per heavy atom. The zero-order valence-corrected chi connectivity index (χ0v) is 17.2. The number of amides is 1. The minimum Gasteiger partial charge on any atom is -0.353 e. The summed E-state index contributed by atoms with van der Waals surface area (Å²) in [7, 11) is 0. The molecule has 26 heavy (non-hydrogen) atoms. The van der Waals surface area contributed by atoms with Gasteiger partial charge in [0, 0.05) is 10.9 Å². The maximum absolute atomic E-state index is 12.5. The quantitative estimate of drug-likeness (QED) is 0.403. The number of thioether (sulfide) groups is 1. The van der Waals surface area contributed by atoms with E-state index in [1.54, 1.807) is 11.3 Å². The summed E-state index contributed by atoms with van der Waals surface area (Å²) in [6.45, 7) is 4.22. The van der Waals surface area contributed by atoms with E-state index in [-0.39, 0.29) is 23.3 Å². The van der Waals surface area contributed by atoms with Gasteiger partial charge in [-0.1, -0.05) is 37.9 Å². The largest absolute Gasteiger partial charge is 0.353 e. The summed E-state index contributed by atoms with van der Waals surface area (Å²) in [5.41, 5.74) is 1.13. The molecule has 0 saturated heterocycles. The van der Waals surface area contributed by atoms with Crippen LogP contribution < -0.4 is 10.9 Å². The van der Waals surface area contributed by atoms with Crippen molar-refractivity contribution in [2.75, 3.05) is 5.75 Å². The maximum Gasteiger partial charge on any atom is 0.260 e. The highest BCUT2D eigenvalue weighted by Gasteiger charge is 2.20. The molecule has 0 bridgehead atoms. The Morgan fingerprint density at radius 1 is 1.35 bits per heavy atom. The first-order chi connectivity index (χ1) is 12.6. The molecule has 2 aromatic heterocycles. The third-order valence-corrected chi connectivity index (χ3v) is 6.85. The molecule has 2 heterocycles. The zero-order valence-electron chi connectivity index (χ0n) is 15.5. The first-order valence-electron chi connectivity index (χ1n) is 9.55. The molecule has 0 aromatic carbocycles. The molecule has 0 fully saturated rings. The molecule has 2 aromatic rings. The maximum atomic E-state index is 12.5. The number of fused-ring (bicyclic) bond motifs is 3. The SMILES string of the molecule is CCCCC[C@@H](C)NC(=O)CSc1nc2sc3c(c2c(=O)[nH]1)CCCC3. The van der Waals surface area contributed by atoms with Crippen LogP contribution in [-0.2, 0) is 17.6 Å². The van der Waals surface area contributed by atoms with E-state index in [1.807, 2.05) is 6.92 Å². The molecular formula is C19H27N3O2S2. The predicted octanol–water partition coefficient (Wildman–Crippen LogP) is 4.04. The summed E-state index contributed by atoms with van der Waals surface area (Å²) in [5, 5.41) is 4.33. The third-order valence-electron chi connectivity index (χ3n) is 4.79. The highest BCUT2D eigenvalue weighted by molar-refractivity contribution is 7.99. The molecule has 0 saturated carbocycles. The molecule has 0 unspecified atom stereocenters. The van der Waals surface area contributed by atoms with Gasteiger partial charge in [0.05, 0.1) is 11.1 Å². The number of carbonyl (C=O) groups excluding carboxylic acids is 1. The summed E-state index contributed by atoms with van der Waals surface area (Å²) in [6.07, 6.45) is 8.89. The number of hydrogen-bond donors (Lipinski definition) is 2. The molecule has 0 spiro atoms. The molecule has 3 rings (SSSR count). The van der Waals surface area contributed by atoms with E-state index in [0.717, 1.165) is 42.3 Å². The summed E-state index contributed by atoms with van der Waals surface area (Å²) in [6, 6.07) is 0.188. The van der Waals surface area contributed by atoms with Crippen LogP contribution in [-0.4, -0.2) is 27.7 Å². The molecule has 7 heteroatoms. The van der Waals surface area contributed by atoms with Crippen molar-refractivity contribution in [3.05, 3.63) is 20.8 Å². The fraction of sp³-hybridized carbons (Fsp3) is 0.632. The van der Waals surface area contributed by atoms with Crippen LogP contribution in [0.5, 0.6) is 0 Å². The van der Waals surface area contributed by atoms with Gasteiger partial charge in [-0.15, -0.1) is 11.3 Å². The number of unbranched alkanes of at least 4 members (excludes halogenated alkanes) is 2. The summed E-state index contributed by atoms with van der Waals surface area (Å²) in [4.78, 5) is 34.2. The number of aromatic nitrogens is 2. The van der Waals surface area contributed by atoms with Crippen molar-refractivity contribution >= 4 is 39.2 Å².